The highest BCUT2D eigenvalue weighted by Crippen LogP contribution is 2.20. The second-order valence-electron chi connectivity index (χ2n) is 5.19. The van der Waals surface area contributed by atoms with Crippen molar-refractivity contribution in [2.24, 2.45) is 0 Å². The van der Waals surface area contributed by atoms with Gasteiger partial charge in [-0.25, -0.2) is 4.39 Å². The van der Waals surface area contributed by atoms with Crippen LogP contribution in [-0.4, -0.2) is 24.7 Å². The van der Waals surface area contributed by atoms with Gasteiger partial charge in [-0.15, -0.1) is 0 Å². The third kappa shape index (κ3) is 3.83. The van der Waals surface area contributed by atoms with E-state index in [4.69, 9.17) is 4.74 Å². The van der Waals surface area contributed by atoms with E-state index >= 15 is 0 Å². The van der Waals surface area contributed by atoms with E-state index in [0.717, 1.165) is 0 Å². The molecular formula is C17H18FNO3. The standard InChI is InChI=1S/C17H18FNO3/c1-17(21,13-5-7-14(18)8-6-13)11-19-16(20)12-3-9-15(22-2)10-4-12/h3-10,21H,11H2,1-2H3,(H,19,20). The minimum Gasteiger partial charge on any atom is -0.497 e. The Labute approximate surface area is 128 Å². The number of hydrogen-bond donors (Lipinski definition) is 2. The second-order valence-corrected chi connectivity index (χ2v) is 5.19. The van der Waals surface area contributed by atoms with Gasteiger partial charge in [0.1, 0.15) is 17.2 Å². The van der Waals surface area contributed by atoms with Crippen molar-refractivity contribution in [3.05, 3.63) is 65.5 Å². The summed E-state index contributed by atoms with van der Waals surface area (Å²) in [5, 5.41) is 13.1. The van der Waals surface area contributed by atoms with E-state index in [1.807, 2.05) is 0 Å². The van der Waals surface area contributed by atoms with Crippen LogP contribution in [0.2, 0.25) is 0 Å². The zero-order chi connectivity index (χ0) is 16.2. The van der Waals surface area contributed by atoms with Gasteiger partial charge in [-0.2, -0.15) is 0 Å². The molecule has 0 aromatic heterocycles. The van der Waals surface area contributed by atoms with Gasteiger partial charge in [0.25, 0.3) is 5.91 Å². The Morgan fingerprint density at radius 3 is 2.32 bits per heavy atom. The molecule has 5 heteroatoms. The van der Waals surface area contributed by atoms with E-state index in [9.17, 15) is 14.3 Å². The molecule has 22 heavy (non-hydrogen) atoms. The van der Waals surface area contributed by atoms with Crippen molar-refractivity contribution in [1.29, 1.82) is 0 Å². The van der Waals surface area contributed by atoms with Crippen molar-refractivity contribution < 1.29 is 19.0 Å². The molecule has 1 amide bonds. The smallest absolute Gasteiger partial charge is 0.251 e. The highest BCUT2D eigenvalue weighted by atomic mass is 19.1. The summed E-state index contributed by atoms with van der Waals surface area (Å²) in [6, 6.07) is 12.2. The van der Waals surface area contributed by atoms with E-state index in [1.165, 1.54) is 24.3 Å². The number of benzene rings is 2. The van der Waals surface area contributed by atoms with Crippen molar-refractivity contribution in [1.82, 2.24) is 5.32 Å². The Morgan fingerprint density at radius 2 is 1.77 bits per heavy atom. The van der Waals surface area contributed by atoms with Crippen LogP contribution in [0.1, 0.15) is 22.8 Å². The summed E-state index contributed by atoms with van der Waals surface area (Å²) in [5.74, 6) is -0.0123. The maximum atomic E-state index is 12.9. The molecule has 0 spiro atoms. The Kier molecular flexibility index (Phi) is 4.78. The molecule has 116 valence electrons. The van der Waals surface area contributed by atoms with Gasteiger partial charge in [0.2, 0.25) is 0 Å². The number of halogens is 1. The molecule has 4 nitrogen and oxygen atoms in total. The maximum Gasteiger partial charge on any atom is 0.251 e. The zero-order valence-corrected chi connectivity index (χ0v) is 12.5. The number of methoxy groups -OCH3 is 1. The van der Waals surface area contributed by atoms with Gasteiger partial charge in [-0.3, -0.25) is 4.79 Å². The Morgan fingerprint density at radius 1 is 1.18 bits per heavy atom. The van der Waals surface area contributed by atoms with Gasteiger partial charge >= 0.3 is 0 Å². The lowest BCUT2D eigenvalue weighted by molar-refractivity contribution is 0.0526. The lowest BCUT2D eigenvalue weighted by Crippen LogP contribution is -2.38. The largest absolute Gasteiger partial charge is 0.497 e. The fourth-order valence-corrected chi connectivity index (χ4v) is 2.01. The second kappa shape index (κ2) is 6.58. The van der Waals surface area contributed by atoms with Crippen molar-refractivity contribution in [2.45, 2.75) is 12.5 Å². The number of aliphatic hydroxyl groups is 1. The fraction of sp³-hybridized carbons (Fsp3) is 0.235. The number of carbonyl (C=O) groups excluding carboxylic acids is 1. The molecule has 0 saturated heterocycles. The molecule has 1 atom stereocenters. The normalized spacial score (nSPS) is 13.3. The first kappa shape index (κ1) is 16.0. The first-order valence-corrected chi connectivity index (χ1v) is 6.83. The van der Waals surface area contributed by atoms with E-state index in [-0.39, 0.29) is 18.3 Å². The van der Waals surface area contributed by atoms with Crippen molar-refractivity contribution in [2.75, 3.05) is 13.7 Å². The van der Waals surface area contributed by atoms with Crippen molar-refractivity contribution in [3.63, 3.8) is 0 Å². The van der Waals surface area contributed by atoms with Crippen molar-refractivity contribution >= 4 is 5.91 Å². The monoisotopic (exact) mass is 303 g/mol. The lowest BCUT2D eigenvalue weighted by atomic mass is 9.96. The third-order valence-electron chi connectivity index (χ3n) is 3.41. The van der Waals surface area contributed by atoms with Gasteiger partial charge < -0.3 is 15.2 Å². The topological polar surface area (TPSA) is 58.6 Å². The number of amides is 1. The Bertz CT molecular complexity index is 636. The van der Waals surface area contributed by atoms with Crippen LogP contribution in [0.25, 0.3) is 0 Å². The molecule has 0 heterocycles. The van der Waals surface area contributed by atoms with Crippen LogP contribution in [0, 0.1) is 5.82 Å². The number of rotatable bonds is 5. The average molecular weight is 303 g/mol. The summed E-state index contributed by atoms with van der Waals surface area (Å²) in [5.41, 5.74) is -0.282. The molecule has 0 fully saturated rings. The molecular weight excluding hydrogens is 285 g/mol. The number of carbonyl (C=O) groups is 1. The molecule has 0 aliphatic carbocycles. The minimum absolute atomic E-state index is 0.0174. The predicted molar refractivity (Wildman–Crippen MR) is 81.3 cm³/mol. The average Bonchev–Trinajstić information content (AvgIpc) is 2.53. The van der Waals surface area contributed by atoms with E-state index in [2.05, 4.69) is 5.32 Å². The van der Waals surface area contributed by atoms with Crippen LogP contribution < -0.4 is 10.1 Å². The molecule has 2 N–H and O–H groups in total. The highest BCUT2D eigenvalue weighted by Gasteiger charge is 2.24. The maximum absolute atomic E-state index is 12.9. The number of nitrogens with one attached hydrogen (secondary N) is 1. The Balaban J connectivity index is 2.01. The Hall–Kier alpha value is -2.40. The summed E-state index contributed by atoms with van der Waals surface area (Å²) in [6.07, 6.45) is 0. The summed E-state index contributed by atoms with van der Waals surface area (Å²) >= 11 is 0. The van der Waals surface area contributed by atoms with E-state index in [0.29, 0.717) is 16.9 Å². The lowest BCUT2D eigenvalue weighted by Gasteiger charge is -2.24. The minimum atomic E-state index is -1.28. The summed E-state index contributed by atoms with van der Waals surface area (Å²) in [4.78, 5) is 12.1. The summed E-state index contributed by atoms with van der Waals surface area (Å²) in [6.45, 7) is 1.58. The van der Waals surface area contributed by atoms with E-state index < -0.39 is 5.60 Å². The summed E-state index contributed by atoms with van der Waals surface area (Å²) in [7, 11) is 1.55. The van der Waals surface area contributed by atoms with Crippen LogP contribution >= 0.6 is 0 Å². The first-order chi connectivity index (χ1) is 10.4. The molecule has 0 aliphatic heterocycles. The van der Waals surface area contributed by atoms with Crippen molar-refractivity contribution in [3.8, 4) is 5.75 Å². The zero-order valence-electron chi connectivity index (χ0n) is 12.5. The summed E-state index contributed by atoms with van der Waals surface area (Å²) < 4.78 is 17.9. The van der Waals surface area contributed by atoms with Crippen LogP contribution in [0.5, 0.6) is 5.75 Å². The molecule has 0 saturated carbocycles. The van der Waals surface area contributed by atoms with Crippen LogP contribution in [0.15, 0.2) is 48.5 Å². The quantitative estimate of drug-likeness (QED) is 0.892. The molecule has 0 bridgehead atoms. The first-order valence-electron chi connectivity index (χ1n) is 6.83. The molecule has 0 aliphatic rings. The molecule has 2 aromatic rings. The number of ether oxygens (including phenoxy) is 1. The van der Waals surface area contributed by atoms with Gasteiger partial charge in [-0.1, -0.05) is 12.1 Å². The van der Waals surface area contributed by atoms with Crippen LogP contribution in [0.4, 0.5) is 4.39 Å². The molecule has 0 radical (unpaired) electrons. The van der Waals surface area contributed by atoms with Crippen LogP contribution in [0.3, 0.4) is 0 Å². The van der Waals surface area contributed by atoms with Gasteiger partial charge in [0.15, 0.2) is 0 Å². The predicted octanol–water partition coefficient (Wildman–Crippen LogP) is 2.47. The fourth-order valence-electron chi connectivity index (χ4n) is 2.01. The van der Waals surface area contributed by atoms with Gasteiger partial charge in [-0.05, 0) is 48.9 Å². The molecule has 2 rings (SSSR count). The molecule has 2 aromatic carbocycles. The molecule has 1 unspecified atom stereocenters. The SMILES string of the molecule is COc1ccc(C(=O)NCC(C)(O)c2ccc(F)cc2)cc1. The third-order valence-corrected chi connectivity index (χ3v) is 3.41. The van der Waals surface area contributed by atoms with E-state index in [1.54, 1.807) is 38.3 Å². The van der Waals surface area contributed by atoms with Crippen LogP contribution in [-0.2, 0) is 5.60 Å². The van der Waals surface area contributed by atoms with Gasteiger partial charge in [0, 0.05) is 5.56 Å². The number of hydrogen-bond acceptors (Lipinski definition) is 3. The van der Waals surface area contributed by atoms with Gasteiger partial charge in [0.05, 0.1) is 13.7 Å². The highest BCUT2D eigenvalue weighted by molar-refractivity contribution is 5.94.